The number of nitrogens with one attached hydrogen (secondary N) is 1. The molecular weight excluding hydrogens is 208 g/mol. The summed E-state index contributed by atoms with van der Waals surface area (Å²) in [5, 5.41) is 2.70. The molecule has 0 aromatic carbocycles. The highest BCUT2D eigenvalue weighted by Gasteiger charge is 2.30. The molecule has 1 aromatic rings. The topological polar surface area (TPSA) is 75.2 Å². The first-order valence-corrected chi connectivity index (χ1v) is 5.05. The van der Waals surface area contributed by atoms with E-state index in [1.54, 1.807) is 6.92 Å². The monoisotopic (exact) mass is 220 g/mol. The second-order valence-corrected chi connectivity index (χ2v) is 3.56. The van der Waals surface area contributed by atoms with Crippen molar-refractivity contribution >= 4 is 11.8 Å². The average Bonchev–Trinajstić information content (AvgIpc) is 2.33. The molecule has 2 rings (SSSR count). The molecule has 1 saturated heterocycles. The van der Waals surface area contributed by atoms with Crippen LogP contribution in [0, 0.1) is 0 Å². The Labute approximate surface area is 92.7 Å². The van der Waals surface area contributed by atoms with Gasteiger partial charge in [0.15, 0.2) is 0 Å². The van der Waals surface area contributed by atoms with Crippen molar-refractivity contribution in [2.24, 2.45) is 0 Å². The maximum absolute atomic E-state index is 12.0. The molecule has 1 aliphatic heterocycles. The number of piperazine rings is 1. The Morgan fingerprint density at radius 3 is 3.06 bits per heavy atom. The minimum atomic E-state index is -0.455. The highest BCUT2D eigenvalue weighted by Crippen LogP contribution is 2.08. The SMILES string of the molecule is CC1C(=O)NCCN1C(=O)c1cnccn1. The number of nitrogens with zero attached hydrogens (tertiary/aromatic N) is 3. The molecule has 84 valence electrons. The van der Waals surface area contributed by atoms with E-state index in [9.17, 15) is 9.59 Å². The van der Waals surface area contributed by atoms with E-state index in [2.05, 4.69) is 15.3 Å². The smallest absolute Gasteiger partial charge is 0.274 e. The molecule has 0 radical (unpaired) electrons. The first-order valence-electron chi connectivity index (χ1n) is 5.05. The van der Waals surface area contributed by atoms with Gasteiger partial charge in [0.05, 0.1) is 6.20 Å². The van der Waals surface area contributed by atoms with Crippen LogP contribution in [0.25, 0.3) is 0 Å². The quantitative estimate of drug-likeness (QED) is 0.688. The van der Waals surface area contributed by atoms with Crippen LogP contribution in [0.3, 0.4) is 0 Å². The lowest BCUT2D eigenvalue weighted by Crippen LogP contribution is -2.55. The van der Waals surface area contributed by atoms with Crippen molar-refractivity contribution < 1.29 is 9.59 Å². The van der Waals surface area contributed by atoms with E-state index in [4.69, 9.17) is 0 Å². The van der Waals surface area contributed by atoms with Crippen LogP contribution in [0.4, 0.5) is 0 Å². The third-order valence-corrected chi connectivity index (χ3v) is 2.54. The Balaban J connectivity index is 2.19. The fraction of sp³-hybridized carbons (Fsp3) is 0.400. The lowest BCUT2D eigenvalue weighted by Gasteiger charge is -2.32. The maximum Gasteiger partial charge on any atom is 0.274 e. The van der Waals surface area contributed by atoms with Crippen LogP contribution in [-0.2, 0) is 4.79 Å². The third-order valence-electron chi connectivity index (χ3n) is 2.54. The van der Waals surface area contributed by atoms with Gasteiger partial charge < -0.3 is 10.2 Å². The summed E-state index contributed by atoms with van der Waals surface area (Å²) in [7, 11) is 0. The zero-order valence-electron chi connectivity index (χ0n) is 8.88. The minimum Gasteiger partial charge on any atom is -0.353 e. The number of carbonyl (C=O) groups excluding carboxylic acids is 2. The average molecular weight is 220 g/mol. The van der Waals surface area contributed by atoms with Crippen LogP contribution in [0.15, 0.2) is 18.6 Å². The van der Waals surface area contributed by atoms with E-state index in [1.807, 2.05) is 0 Å². The summed E-state index contributed by atoms with van der Waals surface area (Å²) in [5.74, 6) is -0.390. The van der Waals surface area contributed by atoms with Gasteiger partial charge in [-0.1, -0.05) is 0 Å². The van der Waals surface area contributed by atoms with Crippen LogP contribution in [-0.4, -0.2) is 45.8 Å². The van der Waals surface area contributed by atoms with E-state index >= 15 is 0 Å². The van der Waals surface area contributed by atoms with Crippen molar-refractivity contribution in [1.82, 2.24) is 20.2 Å². The zero-order valence-corrected chi connectivity index (χ0v) is 8.88. The van der Waals surface area contributed by atoms with Crippen molar-refractivity contribution in [3.05, 3.63) is 24.3 Å². The largest absolute Gasteiger partial charge is 0.353 e. The van der Waals surface area contributed by atoms with Crippen molar-refractivity contribution in [1.29, 1.82) is 0 Å². The molecule has 0 saturated carbocycles. The van der Waals surface area contributed by atoms with E-state index < -0.39 is 6.04 Å². The summed E-state index contributed by atoms with van der Waals surface area (Å²) in [4.78, 5) is 32.7. The summed E-state index contributed by atoms with van der Waals surface area (Å²) < 4.78 is 0. The standard InChI is InChI=1S/C10H12N4O2/c1-7-9(15)13-4-5-14(7)10(16)8-6-11-2-3-12-8/h2-3,6-7H,4-5H2,1H3,(H,13,15). The molecule has 1 aromatic heterocycles. The first-order chi connectivity index (χ1) is 7.70. The Kier molecular flexibility index (Phi) is 2.80. The predicted octanol–water partition coefficient (Wildman–Crippen LogP) is -0.563. The van der Waals surface area contributed by atoms with Crippen LogP contribution in [0.1, 0.15) is 17.4 Å². The molecular formula is C10H12N4O2. The summed E-state index contributed by atoms with van der Waals surface area (Å²) in [6, 6.07) is -0.455. The van der Waals surface area contributed by atoms with Crippen LogP contribution in [0.2, 0.25) is 0 Å². The zero-order chi connectivity index (χ0) is 11.5. The Morgan fingerprint density at radius 2 is 2.38 bits per heavy atom. The second kappa shape index (κ2) is 4.26. The normalized spacial score (nSPS) is 20.4. The van der Waals surface area contributed by atoms with Gasteiger partial charge in [-0.05, 0) is 6.92 Å². The maximum atomic E-state index is 12.0. The molecule has 1 unspecified atom stereocenters. The Bertz CT molecular complexity index is 407. The van der Waals surface area contributed by atoms with Crippen LogP contribution >= 0.6 is 0 Å². The van der Waals surface area contributed by atoms with Crippen LogP contribution in [0.5, 0.6) is 0 Å². The van der Waals surface area contributed by atoms with Crippen molar-refractivity contribution in [2.45, 2.75) is 13.0 Å². The van der Waals surface area contributed by atoms with Crippen molar-refractivity contribution in [2.75, 3.05) is 13.1 Å². The number of carbonyl (C=O) groups is 2. The molecule has 6 heteroatoms. The van der Waals surface area contributed by atoms with E-state index in [0.717, 1.165) is 0 Å². The van der Waals surface area contributed by atoms with E-state index in [-0.39, 0.29) is 17.5 Å². The van der Waals surface area contributed by atoms with Gasteiger partial charge in [0.25, 0.3) is 5.91 Å². The van der Waals surface area contributed by atoms with E-state index in [1.165, 1.54) is 23.5 Å². The number of hydrogen-bond acceptors (Lipinski definition) is 4. The van der Waals surface area contributed by atoms with Crippen molar-refractivity contribution in [3.63, 3.8) is 0 Å². The molecule has 1 atom stereocenters. The number of rotatable bonds is 1. The van der Waals surface area contributed by atoms with Gasteiger partial charge >= 0.3 is 0 Å². The molecule has 1 N–H and O–H groups in total. The van der Waals surface area contributed by atoms with Gasteiger partial charge in [-0.3, -0.25) is 14.6 Å². The molecule has 6 nitrogen and oxygen atoms in total. The van der Waals surface area contributed by atoms with Gasteiger partial charge in [0.1, 0.15) is 11.7 Å². The lowest BCUT2D eigenvalue weighted by molar-refractivity contribution is -0.127. The highest BCUT2D eigenvalue weighted by molar-refractivity contribution is 5.96. The summed E-state index contributed by atoms with van der Waals surface area (Å²) in [6.45, 7) is 2.68. The molecule has 1 fully saturated rings. The van der Waals surface area contributed by atoms with Gasteiger partial charge in [-0.2, -0.15) is 0 Å². The van der Waals surface area contributed by atoms with Crippen LogP contribution < -0.4 is 5.32 Å². The molecule has 16 heavy (non-hydrogen) atoms. The summed E-state index contributed by atoms with van der Waals surface area (Å²) in [5.41, 5.74) is 0.268. The van der Waals surface area contributed by atoms with Gasteiger partial charge in [0.2, 0.25) is 5.91 Å². The van der Waals surface area contributed by atoms with Gasteiger partial charge in [0, 0.05) is 25.5 Å². The molecule has 2 heterocycles. The fourth-order valence-electron chi connectivity index (χ4n) is 1.62. The van der Waals surface area contributed by atoms with Gasteiger partial charge in [-0.25, -0.2) is 4.98 Å². The molecule has 0 aliphatic carbocycles. The van der Waals surface area contributed by atoms with Gasteiger partial charge in [-0.15, -0.1) is 0 Å². The Hall–Kier alpha value is -1.98. The summed E-state index contributed by atoms with van der Waals surface area (Å²) in [6.07, 6.45) is 4.37. The molecule has 2 amide bonds. The fourth-order valence-corrected chi connectivity index (χ4v) is 1.62. The van der Waals surface area contributed by atoms with E-state index in [0.29, 0.717) is 13.1 Å². The third kappa shape index (κ3) is 1.86. The molecule has 1 aliphatic rings. The first kappa shape index (κ1) is 10.5. The predicted molar refractivity (Wildman–Crippen MR) is 55.5 cm³/mol. The second-order valence-electron chi connectivity index (χ2n) is 3.56. The minimum absolute atomic E-state index is 0.136. The lowest BCUT2D eigenvalue weighted by atomic mass is 10.2. The highest BCUT2D eigenvalue weighted by atomic mass is 16.2. The van der Waals surface area contributed by atoms with Crippen molar-refractivity contribution in [3.8, 4) is 0 Å². The molecule has 0 spiro atoms. The summed E-state index contributed by atoms with van der Waals surface area (Å²) >= 11 is 0. The Morgan fingerprint density at radius 1 is 1.56 bits per heavy atom. The number of aromatic nitrogens is 2. The number of hydrogen-bond donors (Lipinski definition) is 1. The number of amides is 2. The molecule has 0 bridgehead atoms.